The molecule has 0 aliphatic heterocycles. The number of imidazole rings is 1. The van der Waals surface area contributed by atoms with Crippen LogP contribution < -0.4 is 5.32 Å². The van der Waals surface area contributed by atoms with E-state index in [0.29, 0.717) is 13.2 Å². The van der Waals surface area contributed by atoms with Crippen molar-refractivity contribution in [3.05, 3.63) is 34.6 Å². The highest BCUT2D eigenvalue weighted by atomic mass is 79.9. The van der Waals surface area contributed by atoms with Crippen LogP contribution in [0.25, 0.3) is 0 Å². The molecule has 2 rings (SSSR count). The van der Waals surface area contributed by atoms with Crippen molar-refractivity contribution in [3.8, 4) is 0 Å². The Hall–Kier alpha value is -1.18. The number of hydrogen-bond donors (Lipinski definition) is 2. The van der Waals surface area contributed by atoms with E-state index in [4.69, 9.17) is 4.74 Å². The van der Waals surface area contributed by atoms with E-state index in [0.717, 1.165) is 16.0 Å². The average Bonchev–Trinajstić information content (AvgIpc) is 3.00. The third-order valence-corrected chi connectivity index (χ3v) is 3.31. The van der Waals surface area contributed by atoms with Crippen LogP contribution in [0.2, 0.25) is 0 Å². The van der Waals surface area contributed by atoms with Crippen molar-refractivity contribution in [2.75, 3.05) is 20.8 Å². The fourth-order valence-corrected chi connectivity index (χ4v) is 2.38. The zero-order valence-electron chi connectivity index (χ0n) is 10.4. The molecule has 2 aromatic rings. The van der Waals surface area contributed by atoms with Crippen LogP contribution in [0.4, 0.5) is 0 Å². The minimum Gasteiger partial charge on any atom is -0.383 e. The molecule has 0 amide bonds. The molecule has 0 aromatic carbocycles. The van der Waals surface area contributed by atoms with Crippen LogP contribution in [-0.2, 0) is 11.3 Å². The third kappa shape index (κ3) is 2.63. The van der Waals surface area contributed by atoms with Crippen molar-refractivity contribution < 1.29 is 4.74 Å². The molecule has 2 aromatic heterocycles. The maximum atomic E-state index is 5.09. The van der Waals surface area contributed by atoms with E-state index >= 15 is 0 Å². The van der Waals surface area contributed by atoms with E-state index in [-0.39, 0.29) is 6.04 Å². The predicted molar refractivity (Wildman–Crippen MR) is 71.3 cm³/mol. The molecular formula is C11H16BrN5O. The van der Waals surface area contributed by atoms with Gasteiger partial charge in [0.25, 0.3) is 0 Å². The molecule has 2 heterocycles. The summed E-state index contributed by atoms with van der Waals surface area (Å²) in [4.78, 5) is 7.41. The Kier molecular flexibility index (Phi) is 4.51. The molecule has 0 saturated carbocycles. The zero-order chi connectivity index (χ0) is 13.0. The Bertz CT molecular complexity index is 482. The van der Waals surface area contributed by atoms with Gasteiger partial charge in [-0.1, -0.05) is 0 Å². The summed E-state index contributed by atoms with van der Waals surface area (Å²) in [5.74, 6) is 0.859. The summed E-state index contributed by atoms with van der Waals surface area (Å²) in [6.07, 6.45) is 5.34. The van der Waals surface area contributed by atoms with Crippen LogP contribution in [0, 0.1) is 0 Å². The highest BCUT2D eigenvalue weighted by molar-refractivity contribution is 9.10. The van der Waals surface area contributed by atoms with E-state index in [1.807, 2.05) is 17.9 Å². The molecule has 18 heavy (non-hydrogen) atoms. The molecule has 6 nitrogen and oxygen atoms in total. The second-order valence-corrected chi connectivity index (χ2v) is 4.64. The highest BCUT2D eigenvalue weighted by Crippen LogP contribution is 2.26. The largest absolute Gasteiger partial charge is 0.383 e. The first kappa shape index (κ1) is 13.3. The molecule has 1 unspecified atom stereocenters. The Morgan fingerprint density at radius 3 is 3.06 bits per heavy atom. The standard InChI is InChI=1S/C11H16BrN5O/c1-13-9(11-14-3-4-15-11)10-8(12)7-16-17(10)5-6-18-2/h3-4,7,9,13H,5-6H2,1-2H3,(H,14,15). The second kappa shape index (κ2) is 6.12. The van der Waals surface area contributed by atoms with Crippen molar-refractivity contribution >= 4 is 15.9 Å². The quantitative estimate of drug-likeness (QED) is 0.844. The normalized spacial score (nSPS) is 12.8. The topological polar surface area (TPSA) is 67.8 Å². The van der Waals surface area contributed by atoms with E-state index in [9.17, 15) is 0 Å². The lowest BCUT2D eigenvalue weighted by molar-refractivity contribution is 0.182. The highest BCUT2D eigenvalue weighted by Gasteiger charge is 2.22. The first-order valence-electron chi connectivity index (χ1n) is 5.64. The van der Waals surface area contributed by atoms with Crippen LogP contribution in [0.15, 0.2) is 23.1 Å². The molecule has 0 radical (unpaired) electrons. The first-order chi connectivity index (χ1) is 8.77. The molecule has 0 fully saturated rings. The van der Waals surface area contributed by atoms with Gasteiger partial charge in [-0.05, 0) is 23.0 Å². The minimum atomic E-state index is -0.0336. The van der Waals surface area contributed by atoms with Crippen molar-refractivity contribution in [1.29, 1.82) is 0 Å². The number of nitrogens with one attached hydrogen (secondary N) is 2. The first-order valence-corrected chi connectivity index (χ1v) is 6.44. The molecule has 0 saturated heterocycles. The Morgan fingerprint density at radius 2 is 2.44 bits per heavy atom. The third-order valence-electron chi connectivity index (χ3n) is 2.70. The molecule has 98 valence electrons. The smallest absolute Gasteiger partial charge is 0.129 e. The molecule has 0 bridgehead atoms. The lowest BCUT2D eigenvalue weighted by atomic mass is 10.2. The molecule has 0 aliphatic rings. The van der Waals surface area contributed by atoms with Gasteiger partial charge in [0, 0.05) is 19.5 Å². The number of nitrogens with zero attached hydrogens (tertiary/aromatic N) is 3. The Balaban J connectivity index is 2.32. The van der Waals surface area contributed by atoms with Crippen LogP contribution in [0.1, 0.15) is 17.6 Å². The van der Waals surface area contributed by atoms with Crippen LogP contribution in [0.3, 0.4) is 0 Å². The maximum absolute atomic E-state index is 5.09. The number of hydrogen-bond acceptors (Lipinski definition) is 4. The van der Waals surface area contributed by atoms with Crippen LogP contribution in [-0.4, -0.2) is 40.5 Å². The van der Waals surface area contributed by atoms with Crippen molar-refractivity contribution in [2.24, 2.45) is 0 Å². The average molecular weight is 314 g/mol. The van der Waals surface area contributed by atoms with Gasteiger partial charge in [0.2, 0.25) is 0 Å². The number of aromatic nitrogens is 4. The van der Waals surface area contributed by atoms with Crippen LogP contribution >= 0.6 is 15.9 Å². The van der Waals surface area contributed by atoms with Gasteiger partial charge in [-0.25, -0.2) is 4.98 Å². The molecule has 0 aliphatic carbocycles. The lowest BCUT2D eigenvalue weighted by Crippen LogP contribution is -2.24. The van der Waals surface area contributed by atoms with Gasteiger partial charge in [0.05, 0.1) is 29.5 Å². The van der Waals surface area contributed by atoms with E-state index in [1.54, 1.807) is 19.5 Å². The number of aromatic amines is 1. The molecule has 7 heteroatoms. The summed E-state index contributed by atoms with van der Waals surface area (Å²) in [6.45, 7) is 1.33. The summed E-state index contributed by atoms with van der Waals surface area (Å²) in [7, 11) is 3.58. The summed E-state index contributed by atoms with van der Waals surface area (Å²) in [5.41, 5.74) is 1.03. The molecule has 2 N–H and O–H groups in total. The fourth-order valence-electron chi connectivity index (χ4n) is 1.85. The van der Waals surface area contributed by atoms with Gasteiger partial charge >= 0.3 is 0 Å². The van der Waals surface area contributed by atoms with E-state index < -0.39 is 0 Å². The van der Waals surface area contributed by atoms with Gasteiger partial charge in [0.1, 0.15) is 11.9 Å². The van der Waals surface area contributed by atoms with Crippen molar-refractivity contribution in [3.63, 3.8) is 0 Å². The predicted octanol–water partition coefficient (Wildman–Crippen LogP) is 1.32. The van der Waals surface area contributed by atoms with Gasteiger partial charge in [-0.2, -0.15) is 5.10 Å². The molecular weight excluding hydrogens is 298 g/mol. The molecule has 0 spiro atoms. The van der Waals surface area contributed by atoms with Gasteiger partial charge in [-0.15, -0.1) is 0 Å². The van der Waals surface area contributed by atoms with Crippen LogP contribution in [0.5, 0.6) is 0 Å². The van der Waals surface area contributed by atoms with Gasteiger partial charge < -0.3 is 15.0 Å². The monoisotopic (exact) mass is 313 g/mol. The van der Waals surface area contributed by atoms with Crippen molar-refractivity contribution in [2.45, 2.75) is 12.6 Å². The van der Waals surface area contributed by atoms with Crippen molar-refractivity contribution in [1.82, 2.24) is 25.1 Å². The number of H-pyrrole nitrogens is 1. The molecule has 1 atom stereocenters. The van der Waals surface area contributed by atoms with Gasteiger partial charge in [-0.3, -0.25) is 4.68 Å². The number of methoxy groups -OCH3 is 1. The second-order valence-electron chi connectivity index (χ2n) is 3.79. The maximum Gasteiger partial charge on any atom is 0.129 e. The SMILES string of the molecule is CNC(c1ncc[nH]1)c1c(Br)cnn1CCOC. The number of rotatable bonds is 6. The zero-order valence-corrected chi connectivity index (χ0v) is 11.9. The summed E-state index contributed by atoms with van der Waals surface area (Å²) in [5, 5.41) is 7.58. The van der Waals surface area contributed by atoms with Gasteiger partial charge in [0.15, 0.2) is 0 Å². The van der Waals surface area contributed by atoms with E-state index in [1.165, 1.54) is 0 Å². The Labute approximate surface area is 114 Å². The number of halogens is 1. The summed E-state index contributed by atoms with van der Waals surface area (Å²) >= 11 is 3.53. The number of ether oxygens (including phenoxy) is 1. The summed E-state index contributed by atoms with van der Waals surface area (Å²) < 4.78 is 7.96. The minimum absolute atomic E-state index is 0.0336. The lowest BCUT2D eigenvalue weighted by Gasteiger charge is -2.16. The fraction of sp³-hybridized carbons (Fsp3) is 0.455. The van der Waals surface area contributed by atoms with E-state index in [2.05, 4.69) is 36.3 Å². The summed E-state index contributed by atoms with van der Waals surface area (Å²) in [6, 6.07) is -0.0336. The Morgan fingerprint density at radius 1 is 1.61 bits per heavy atom.